The second-order valence-corrected chi connectivity index (χ2v) is 9.34. The van der Waals surface area contributed by atoms with Crippen molar-refractivity contribution >= 4 is 5.97 Å². The topological polar surface area (TPSA) is 35.5 Å². The Bertz CT molecular complexity index is 529. The van der Waals surface area contributed by atoms with E-state index in [0.717, 1.165) is 25.7 Å². The summed E-state index contributed by atoms with van der Waals surface area (Å²) in [7, 11) is 0. The second kappa shape index (κ2) is 5.59. The van der Waals surface area contributed by atoms with E-state index in [4.69, 9.17) is 9.47 Å². The molecule has 0 aromatic heterocycles. The molecule has 5 rings (SSSR count). The van der Waals surface area contributed by atoms with E-state index in [2.05, 4.69) is 13.5 Å². The fourth-order valence-electron chi connectivity index (χ4n) is 6.62. The van der Waals surface area contributed by atoms with Gasteiger partial charge in [-0.2, -0.15) is 0 Å². The van der Waals surface area contributed by atoms with Crippen LogP contribution in [0.2, 0.25) is 0 Å². The van der Waals surface area contributed by atoms with Gasteiger partial charge in [0.2, 0.25) is 0 Å². The van der Waals surface area contributed by atoms with Crippen LogP contribution < -0.4 is 0 Å². The zero-order valence-corrected chi connectivity index (χ0v) is 15.4. The Morgan fingerprint density at radius 3 is 2.21 bits per heavy atom. The smallest absolute Gasteiger partial charge is 0.333 e. The van der Waals surface area contributed by atoms with E-state index < -0.39 is 0 Å². The number of ether oxygens (including phenoxy) is 2. The molecule has 0 aromatic rings. The molecule has 0 radical (unpaired) electrons. The van der Waals surface area contributed by atoms with Crippen molar-refractivity contribution in [3.05, 3.63) is 12.2 Å². The quantitative estimate of drug-likeness (QED) is 0.528. The van der Waals surface area contributed by atoms with Crippen LogP contribution in [0.4, 0.5) is 0 Å². The molecule has 3 nitrogen and oxygen atoms in total. The summed E-state index contributed by atoms with van der Waals surface area (Å²) in [6.07, 6.45) is 12.8. The SMILES string of the molecule is C=C(C)C(=O)OC12CC3CC(C1)CC(OC1(CC)CCCC1)(C3)C2. The van der Waals surface area contributed by atoms with Crippen LogP contribution >= 0.6 is 0 Å². The van der Waals surface area contributed by atoms with Crippen LogP contribution in [0.15, 0.2) is 12.2 Å². The minimum atomic E-state index is -0.284. The van der Waals surface area contributed by atoms with E-state index >= 15 is 0 Å². The normalized spacial score (nSPS) is 42.2. The number of hydrogen-bond acceptors (Lipinski definition) is 3. The maximum atomic E-state index is 12.2. The second-order valence-electron chi connectivity index (χ2n) is 9.34. The lowest BCUT2D eigenvalue weighted by molar-refractivity contribution is -0.264. The molecule has 0 spiro atoms. The molecule has 2 atom stereocenters. The molecular formula is C21H32O3. The summed E-state index contributed by atoms with van der Waals surface area (Å²) < 4.78 is 13.1. The van der Waals surface area contributed by atoms with Gasteiger partial charge in [-0.25, -0.2) is 4.79 Å². The van der Waals surface area contributed by atoms with Gasteiger partial charge < -0.3 is 9.47 Å². The molecule has 24 heavy (non-hydrogen) atoms. The highest BCUT2D eigenvalue weighted by Crippen LogP contribution is 2.62. The van der Waals surface area contributed by atoms with E-state index in [-0.39, 0.29) is 22.8 Å². The van der Waals surface area contributed by atoms with Crippen LogP contribution in [0.3, 0.4) is 0 Å². The molecule has 2 unspecified atom stereocenters. The predicted molar refractivity (Wildman–Crippen MR) is 93.6 cm³/mol. The Hall–Kier alpha value is -0.830. The Balaban J connectivity index is 1.58. The molecule has 0 aromatic carbocycles. The largest absolute Gasteiger partial charge is 0.456 e. The van der Waals surface area contributed by atoms with Crippen molar-refractivity contribution in [1.29, 1.82) is 0 Å². The summed E-state index contributed by atoms with van der Waals surface area (Å²) in [4.78, 5) is 12.2. The molecule has 134 valence electrons. The molecule has 0 N–H and O–H groups in total. The van der Waals surface area contributed by atoms with Gasteiger partial charge in [0.15, 0.2) is 0 Å². The monoisotopic (exact) mass is 332 g/mol. The molecule has 0 amide bonds. The van der Waals surface area contributed by atoms with Gasteiger partial charge in [-0.15, -0.1) is 0 Å². The highest BCUT2D eigenvalue weighted by atomic mass is 16.6. The number of carbonyl (C=O) groups is 1. The fraction of sp³-hybridized carbons (Fsp3) is 0.857. The average molecular weight is 332 g/mol. The predicted octanol–water partition coefficient (Wildman–Crippen LogP) is 4.94. The summed E-state index contributed by atoms with van der Waals surface area (Å²) in [5, 5.41) is 0. The van der Waals surface area contributed by atoms with Gasteiger partial charge in [0.05, 0.1) is 11.2 Å². The van der Waals surface area contributed by atoms with Crippen molar-refractivity contribution in [2.24, 2.45) is 11.8 Å². The van der Waals surface area contributed by atoms with Crippen LogP contribution in [-0.2, 0) is 14.3 Å². The van der Waals surface area contributed by atoms with E-state index in [1.54, 1.807) is 6.92 Å². The van der Waals surface area contributed by atoms with Gasteiger partial charge in [-0.05, 0) is 70.1 Å². The first kappa shape index (κ1) is 16.6. The van der Waals surface area contributed by atoms with Crippen LogP contribution in [0.5, 0.6) is 0 Å². The third-order valence-corrected chi connectivity index (χ3v) is 7.20. The number of rotatable bonds is 5. The lowest BCUT2D eigenvalue weighted by atomic mass is 9.52. The van der Waals surface area contributed by atoms with E-state index in [1.165, 1.54) is 44.9 Å². The maximum Gasteiger partial charge on any atom is 0.333 e. The molecule has 5 fully saturated rings. The number of hydrogen-bond donors (Lipinski definition) is 0. The van der Waals surface area contributed by atoms with Crippen molar-refractivity contribution in [1.82, 2.24) is 0 Å². The minimum Gasteiger partial charge on any atom is -0.456 e. The van der Waals surface area contributed by atoms with Crippen LogP contribution in [0, 0.1) is 11.8 Å². The third kappa shape index (κ3) is 2.73. The van der Waals surface area contributed by atoms with Crippen LogP contribution in [0.25, 0.3) is 0 Å². The van der Waals surface area contributed by atoms with Gasteiger partial charge in [0, 0.05) is 12.0 Å². The van der Waals surface area contributed by atoms with Gasteiger partial charge in [0.25, 0.3) is 0 Å². The lowest BCUT2D eigenvalue weighted by Gasteiger charge is -2.62. The van der Waals surface area contributed by atoms with Crippen molar-refractivity contribution in [3.63, 3.8) is 0 Å². The summed E-state index contributed by atoms with van der Waals surface area (Å²) >= 11 is 0. The number of esters is 1. The first-order chi connectivity index (χ1) is 11.4. The summed E-state index contributed by atoms with van der Waals surface area (Å²) in [5.41, 5.74) is 0.278. The first-order valence-electron chi connectivity index (χ1n) is 9.96. The van der Waals surface area contributed by atoms with E-state index in [9.17, 15) is 4.79 Å². The molecular weight excluding hydrogens is 300 g/mol. The molecule has 4 bridgehead atoms. The molecule has 5 aliphatic carbocycles. The first-order valence-corrected chi connectivity index (χ1v) is 9.96. The van der Waals surface area contributed by atoms with Crippen LogP contribution in [-0.4, -0.2) is 22.8 Å². The Labute approximate surface area is 146 Å². The summed E-state index contributed by atoms with van der Waals surface area (Å²) in [6, 6.07) is 0. The Morgan fingerprint density at radius 1 is 1.08 bits per heavy atom. The molecule has 5 aliphatic rings. The van der Waals surface area contributed by atoms with Crippen molar-refractivity contribution in [2.75, 3.05) is 0 Å². The van der Waals surface area contributed by atoms with Gasteiger partial charge in [0.1, 0.15) is 5.60 Å². The molecule has 0 heterocycles. The standard InChI is InChI=1S/C21H32O3/c1-4-19(7-5-6-8-19)24-21-12-16-9-17(13-21)11-20(10-16,14-21)23-18(22)15(2)3/h16-17H,2,4-14H2,1,3H3. The zero-order chi connectivity index (χ0) is 17.0. The summed E-state index contributed by atoms with van der Waals surface area (Å²) in [5.74, 6) is 1.12. The van der Waals surface area contributed by atoms with Crippen LogP contribution in [0.1, 0.15) is 84.5 Å². The van der Waals surface area contributed by atoms with Crippen molar-refractivity contribution in [3.8, 4) is 0 Å². The minimum absolute atomic E-state index is 0.0419. The zero-order valence-electron chi connectivity index (χ0n) is 15.4. The molecule has 3 heteroatoms. The third-order valence-electron chi connectivity index (χ3n) is 7.20. The summed E-state index contributed by atoms with van der Waals surface area (Å²) in [6.45, 7) is 7.80. The molecule has 0 saturated heterocycles. The van der Waals surface area contributed by atoms with Crippen molar-refractivity contribution in [2.45, 2.75) is 101 Å². The van der Waals surface area contributed by atoms with E-state index in [1.807, 2.05) is 0 Å². The van der Waals surface area contributed by atoms with Gasteiger partial charge >= 0.3 is 5.97 Å². The highest BCUT2D eigenvalue weighted by Gasteiger charge is 2.62. The fourth-order valence-corrected chi connectivity index (χ4v) is 6.62. The van der Waals surface area contributed by atoms with Gasteiger partial charge in [-0.3, -0.25) is 0 Å². The number of carbonyl (C=O) groups excluding carboxylic acids is 1. The Kier molecular flexibility index (Phi) is 3.87. The lowest BCUT2D eigenvalue weighted by Crippen LogP contribution is -2.63. The molecule has 5 saturated carbocycles. The van der Waals surface area contributed by atoms with E-state index in [0.29, 0.717) is 17.4 Å². The average Bonchev–Trinajstić information content (AvgIpc) is 2.93. The maximum absolute atomic E-state index is 12.2. The Morgan fingerprint density at radius 2 is 1.67 bits per heavy atom. The van der Waals surface area contributed by atoms with Gasteiger partial charge in [-0.1, -0.05) is 26.3 Å². The van der Waals surface area contributed by atoms with Crippen molar-refractivity contribution < 1.29 is 14.3 Å². The highest BCUT2D eigenvalue weighted by molar-refractivity contribution is 5.87. The molecule has 0 aliphatic heterocycles.